The molecule has 0 aliphatic heterocycles. The van der Waals surface area contributed by atoms with E-state index in [9.17, 15) is 18.7 Å². The summed E-state index contributed by atoms with van der Waals surface area (Å²) in [6.07, 6.45) is 1.47. The third-order valence-electron chi connectivity index (χ3n) is 4.46. The molecule has 0 fully saturated rings. The Morgan fingerprint density at radius 2 is 1.69 bits per heavy atom. The van der Waals surface area contributed by atoms with Gasteiger partial charge in [0, 0.05) is 12.1 Å². The van der Waals surface area contributed by atoms with Crippen LogP contribution in [0.1, 0.15) is 40.5 Å². The Morgan fingerprint density at radius 1 is 1.12 bits per heavy atom. The summed E-state index contributed by atoms with van der Waals surface area (Å²) in [7, 11) is 0. The van der Waals surface area contributed by atoms with Gasteiger partial charge in [-0.25, -0.2) is 8.78 Å². The van der Waals surface area contributed by atoms with Crippen molar-refractivity contribution >= 4 is 17.3 Å². The van der Waals surface area contributed by atoms with Crippen molar-refractivity contribution in [1.29, 1.82) is 0 Å². The molecule has 1 amide bonds. The zero-order valence-electron chi connectivity index (χ0n) is 15.3. The molecule has 1 aliphatic rings. The molecule has 0 aromatic heterocycles. The van der Waals surface area contributed by atoms with E-state index in [1.807, 2.05) is 0 Å². The van der Waals surface area contributed by atoms with Gasteiger partial charge >= 0.3 is 0 Å². The predicted octanol–water partition coefficient (Wildman–Crippen LogP) is 4.39. The van der Waals surface area contributed by atoms with Crippen LogP contribution in [0.5, 0.6) is 0 Å². The Hall–Kier alpha value is -2.25. The second kappa shape index (κ2) is 7.55. The van der Waals surface area contributed by atoms with Gasteiger partial charge in [0.2, 0.25) is 0 Å². The lowest BCUT2D eigenvalue weighted by molar-refractivity contribution is -0.130. The van der Waals surface area contributed by atoms with E-state index in [1.54, 1.807) is 52.0 Å². The predicted molar refractivity (Wildman–Crippen MR) is 96.7 cm³/mol. The van der Waals surface area contributed by atoms with Gasteiger partial charge in [0.15, 0.2) is 0 Å². The van der Waals surface area contributed by atoms with Crippen LogP contribution in [0.3, 0.4) is 0 Å². The summed E-state index contributed by atoms with van der Waals surface area (Å²) in [6.45, 7) is 6.76. The molecule has 0 atom stereocenters. The highest BCUT2D eigenvalue weighted by molar-refractivity contribution is 6.07. The standard InChI is InChI=1S/C19H24F2N2O3/c1-18(2,25)19(3,4)26-23-13-10-8-12(9-11-13)22-17(24)16-14(20)6-5-7-15(16)21/h6,8-11,23,25H,5,7H2,1-4H3,(H,22,24). The monoisotopic (exact) mass is 366 g/mol. The van der Waals surface area contributed by atoms with Gasteiger partial charge in [-0.05, 0) is 64.5 Å². The molecule has 7 heteroatoms. The lowest BCUT2D eigenvalue weighted by Crippen LogP contribution is -2.48. The van der Waals surface area contributed by atoms with Crippen molar-refractivity contribution in [3.8, 4) is 0 Å². The Balaban J connectivity index is 2.00. The van der Waals surface area contributed by atoms with Gasteiger partial charge in [0.1, 0.15) is 22.8 Å². The van der Waals surface area contributed by atoms with Crippen LogP contribution in [-0.2, 0) is 9.63 Å². The number of anilines is 2. The number of allylic oxidation sites excluding steroid dienone is 2. The molecule has 3 N–H and O–H groups in total. The normalized spacial score (nSPS) is 15.6. The first kappa shape index (κ1) is 20.1. The van der Waals surface area contributed by atoms with E-state index in [-0.39, 0.29) is 12.8 Å². The number of nitrogens with one attached hydrogen (secondary N) is 2. The highest BCUT2D eigenvalue weighted by atomic mass is 19.1. The van der Waals surface area contributed by atoms with Crippen LogP contribution in [0, 0.1) is 0 Å². The molecule has 0 spiro atoms. The molecule has 0 unspecified atom stereocenters. The summed E-state index contributed by atoms with van der Waals surface area (Å²) in [4.78, 5) is 17.6. The Morgan fingerprint density at radius 3 is 2.23 bits per heavy atom. The van der Waals surface area contributed by atoms with Crippen molar-refractivity contribution in [2.45, 2.75) is 51.7 Å². The van der Waals surface area contributed by atoms with Crippen LogP contribution in [0.15, 0.2) is 47.6 Å². The number of carbonyl (C=O) groups is 1. The number of carbonyl (C=O) groups excluding carboxylic acids is 1. The van der Waals surface area contributed by atoms with Gasteiger partial charge < -0.3 is 10.4 Å². The van der Waals surface area contributed by atoms with E-state index < -0.39 is 34.3 Å². The van der Waals surface area contributed by atoms with Crippen molar-refractivity contribution in [2.24, 2.45) is 0 Å². The zero-order valence-corrected chi connectivity index (χ0v) is 15.3. The van der Waals surface area contributed by atoms with Crippen LogP contribution >= 0.6 is 0 Å². The van der Waals surface area contributed by atoms with Gasteiger partial charge in [0.25, 0.3) is 5.91 Å². The largest absolute Gasteiger partial charge is 0.387 e. The molecule has 26 heavy (non-hydrogen) atoms. The maximum Gasteiger partial charge on any atom is 0.261 e. The lowest BCUT2D eigenvalue weighted by Gasteiger charge is -2.36. The summed E-state index contributed by atoms with van der Waals surface area (Å²) in [5, 5.41) is 12.5. The molecule has 142 valence electrons. The van der Waals surface area contributed by atoms with Crippen LogP contribution < -0.4 is 10.8 Å². The number of aliphatic hydroxyl groups is 1. The van der Waals surface area contributed by atoms with Gasteiger partial charge in [-0.1, -0.05) is 0 Å². The van der Waals surface area contributed by atoms with Gasteiger partial charge in [-0.2, -0.15) is 0 Å². The number of rotatable bonds is 6. The topological polar surface area (TPSA) is 70.6 Å². The van der Waals surface area contributed by atoms with E-state index >= 15 is 0 Å². The SMILES string of the molecule is CC(C)(O)C(C)(C)ONc1ccc(NC(=O)C2=C(F)CCC=C2F)cc1. The molecule has 0 heterocycles. The van der Waals surface area contributed by atoms with Gasteiger partial charge in [-0.3, -0.25) is 15.1 Å². The molecule has 0 saturated heterocycles. The second-order valence-electron chi connectivity index (χ2n) is 7.18. The lowest BCUT2D eigenvalue weighted by atomic mass is 9.90. The summed E-state index contributed by atoms with van der Waals surface area (Å²) in [5.74, 6) is -2.41. The van der Waals surface area contributed by atoms with Crippen molar-refractivity contribution in [2.75, 3.05) is 10.8 Å². The van der Waals surface area contributed by atoms with E-state index in [2.05, 4.69) is 10.8 Å². The zero-order chi connectivity index (χ0) is 19.5. The quantitative estimate of drug-likeness (QED) is 0.653. The molecule has 5 nitrogen and oxygen atoms in total. The van der Waals surface area contributed by atoms with Crippen LogP contribution in [-0.4, -0.2) is 22.2 Å². The number of hydrogen-bond acceptors (Lipinski definition) is 4. The van der Waals surface area contributed by atoms with Gasteiger partial charge in [0.05, 0.1) is 11.3 Å². The second-order valence-corrected chi connectivity index (χ2v) is 7.18. The average Bonchev–Trinajstić information content (AvgIpc) is 2.53. The Bertz CT molecular complexity index is 732. The maximum atomic E-state index is 13.7. The number of halogens is 2. The van der Waals surface area contributed by atoms with Gasteiger partial charge in [-0.15, -0.1) is 0 Å². The Labute approximate surface area is 151 Å². The van der Waals surface area contributed by atoms with E-state index in [0.717, 1.165) is 0 Å². The number of benzene rings is 1. The van der Waals surface area contributed by atoms with E-state index in [1.165, 1.54) is 6.08 Å². The average molecular weight is 366 g/mol. The molecule has 1 aromatic rings. The van der Waals surface area contributed by atoms with E-state index in [4.69, 9.17) is 4.84 Å². The fourth-order valence-corrected chi connectivity index (χ4v) is 2.04. The summed E-state index contributed by atoms with van der Waals surface area (Å²) in [5.41, 5.74) is 1.25. The summed E-state index contributed by atoms with van der Waals surface area (Å²) >= 11 is 0. The first-order chi connectivity index (χ1) is 12.0. The van der Waals surface area contributed by atoms with Crippen LogP contribution in [0.2, 0.25) is 0 Å². The molecule has 1 aliphatic carbocycles. The van der Waals surface area contributed by atoms with E-state index in [0.29, 0.717) is 11.4 Å². The number of amides is 1. The molecule has 2 rings (SSSR count). The molecular formula is C19H24F2N2O3. The minimum atomic E-state index is -1.07. The smallest absolute Gasteiger partial charge is 0.261 e. The highest BCUT2D eigenvalue weighted by Crippen LogP contribution is 2.29. The molecule has 0 saturated carbocycles. The highest BCUT2D eigenvalue weighted by Gasteiger charge is 2.37. The fraction of sp³-hybridized carbons (Fsp3) is 0.421. The van der Waals surface area contributed by atoms with Crippen molar-refractivity contribution in [3.05, 3.63) is 47.6 Å². The maximum absolute atomic E-state index is 13.7. The minimum Gasteiger partial charge on any atom is -0.387 e. The Kier molecular flexibility index (Phi) is 5.83. The van der Waals surface area contributed by atoms with Crippen LogP contribution in [0.25, 0.3) is 0 Å². The minimum absolute atomic E-state index is 0.0212. The first-order valence-electron chi connectivity index (χ1n) is 8.34. The summed E-state index contributed by atoms with van der Waals surface area (Å²) < 4.78 is 27.4. The molecule has 0 bridgehead atoms. The third kappa shape index (κ3) is 4.68. The fourth-order valence-electron chi connectivity index (χ4n) is 2.04. The third-order valence-corrected chi connectivity index (χ3v) is 4.46. The van der Waals surface area contributed by atoms with Crippen molar-refractivity contribution in [3.63, 3.8) is 0 Å². The molecular weight excluding hydrogens is 342 g/mol. The number of hydrogen-bond donors (Lipinski definition) is 3. The van der Waals surface area contributed by atoms with Crippen molar-refractivity contribution < 1.29 is 23.5 Å². The summed E-state index contributed by atoms with van der Waals surface area (Å²) in [6, 6.07) is 6.41. The van der Waals surface area contributed by atoms with Crippen LogP contribution in [0.4, 0.5) is 20.2 Å². The molecule has 1 aromatic carbocycles. The first-order valence-corrected chi connectivity index (χ1v) is 8.34. The molecule has 0 radical (unpaired) electrons. The van der Waals surface area contributed by atoms with Crippen molar-refractivity contribution in [1.82, 2.24) is 0 Å².